The molecule has 0 radical (unpaired) electrons. The average Bonchev–Trinajstić information content (AvgIpc) is 2.74. The van der Waals surface area contributed by atoms with Gasteiger partial charge in [0.05, 0.1) is 4.90 Å². The molecule has 1 amide bonds. The van der Waals surface area contributed by atoms with Gasteiger partial charge in [-0.2, -0.15) is 0 Å². The number of sulfonamides is 1. The molecule has 7 heteroatoms. The fourth-order valence-electron chi connectivity index (χ4n) is 3.52. The van der Waals surface area contributed by atoms with Crippen LogP contribution >= 0.6 is 0 Å². The topological polar surface area (TPSA) is 78.5 Å². The summed E-state index contributed by atoms with van der Waals surface area (Å²) in [4.78, 5) is 15.1. The molecule has 1 heterocycles. The fraction of sp³-hybridized carbons (Fsp3) is 0.409. The monoisotopic (exact) mass is 415 g/mol. The van der Waals surface area contributed by atoms with Crippen LogP contribution < -0.4 is 10.0 Å². The molecule has 0 aromatic heterocycles. The van der Waals surface area contributed by atoms with Crippen LogP contribution in [0.15, 0.2) is 59.5 Å². The summed E-state index contributed by atoms with van der Waals surface area (Å²) in [5.41, 5.74) is 0.932. The van der Waals surface area contributed by atoms with Gasteiger partial charge in [0.2, 0.25) is 0 Å². The quantitative estimate of drug-likeness (QED) is 0.693. The number of benzene rings is 2. The second-order valence-corrected chi connectivity index (χ2v) is 9.35. The SMILES string of the molecule is C[C@@H](CNC(=O)c1ccc(NS(=O)(=O)c2ccccc2)cc1)CN1CCCCC1. The number of nitrogens with one attached hydrogen (secondary N) is 2. The molecular weight excluding hydrogens is 386 g/mol. The molecule has 0 aliphatic carbocycles. The first-order valence-corrected chi connectivity index (χ1v) is 11.6. The highest BCUT2D eigenvalue weighted by Crippen LogP contribution is 2.16. The van der Waals surface area contributed by atoms with Gasteiger partial charge in [0.25, 0.3) is 15.9 Å². The molecule has 0 saturated carbocycles. The van der Waals surface area contributed by atoms with Gasteiger partial charge in [0.15, 0.2) is 0 Å². The molecule has 2 aromatic rings. The van der Waals surface area contributed by atoms with Gasteiger partial charge < -0.3 is 10.2 Å². The number of carbonyl (C=O) groups excluding carboxylic acids is 1. The van der Waals surface area contributed by atoms with E-state index < -0.39 is 10.0 Å². The Morgan fingerprint density at radius 3 is 2.31 bits per heavy atom. The summed E-state index contributed by atoms with van der Waals surface area (Å²) < 4.78 is 27.3. The Bertz CT molecular complexity index is 893. The van der Waals surface area contributed by atoms with Crippen LogP contribution in [0.4, 0.5) is 5.69 Å². The molecule has 156 valence electrons. The third-order valence-electron chi connectivity index (χ3n) is 5.08. The molecular formula is C22H29N3O3S. The van der Waals surface area contributed by atoms with E-state index in [1.54, 1.807) is 42.5 Å². The number of piperidine rings is 1. The zero-order chi connectivity index (χ0) is 20.7. The van der Waals surface area contributed by atoms with Crippen LogP contribution in [0.5, 0.6) is 0 Å². The van der Waals surface area contributed by atoms with Gasteiger partial charge >= 0.3 is 0 Å². The van der Waals surface area contributed by atoms with Crippen LogP contribution in [0.3, 0.4) is 0 Å². The Labute approximate surface area is 173 Å². The zero-order valence-electron chi connectivity index (χ0n) is 16.8. The molecule has 1 aliphatic heterocycles. The minimum Gasteiger partial charge on any atom is -0.352 e. The lowest BCUT2D eigenvalue weighted by atomic mass is 10.1. The third kappa shape index (κ3) is 6.30. The van der Waals surface area contributed by atoms with Crippen LogP contribution in [-0.4, -0.2) is 45.4 Å². The highest BCUT2D eigenvalue weighted by atomic mass is 32.2. The molecule has 1 atom stereocenters. The first kappa shape index (κ1) is 21.3. The van der Waals surface area contributed by atoms with E-state index in [0.717, 1.165) is 19.6 Å². The number of carbonyl (C=O) groups is 1. The summed E-state index contributed by atoms with van der Waals surface area (Å²) in [6.07, 6.45) is 3.85. The second-order valence-electron chi connectivity index (χ2n) is 7.67. The molecule has 1 aliphatic rings. The van der Waals surface area contributed by atoms with Gasteiger partial charge in [-0.3, -0.25) is 9.52 Å². The number of rotatable bonds is 8. The lowest BCUT2D eigenvalue weighted by molar-refractivity contribution is 0.0942. The Hall–Kier alpha value is -2.38. The predicted octanol–water partition coefficient (Wildman–Crippen LogP) is 3.34. The summed E-state index contributed by atoms with van der Waals surface area (Å²) in [5.74, 6) is 0.238. The maximum atomic E-state index is 12.4. The fourth-order valence-corrected chi connectivity index (χ4v) is 4.60. The molecule has 1 saturated heterocycles. The largest absolute Gasteiger partial charge is 0.352 e. The molecule has 2 N–H and O–H groups in total. The van der Waals surface area contributed by atoms with Crippen molar-refractivity contribution in [3.63, 3.8) is 0 Å². The summed E-state index contributed by atoms with van der Waals surface area (Å²) in [6.45, 7) is 6.08. The summed E-state index contributed by atoms with van der Waals surface area (Å²) >= 11 is 0. The zero-order valence-corrected chi connectivity index (χ0v) is 17.6. The molecule has 1 fully saturated rings. The first-order chi connectivity index (χ1) is 13.9. The minimum absolute atomic E-state index is 0.145. The maximum absolute atomic E-state index is 12.4. The van der Waals surface area contributed by atoms with E-state index >= 15 is 0 Å². The second kappa shape index (κ2) is 9.89. The molecule has 6 nitrogen and oxygen atoms in total. The van der Waals surface area contributed by atoms with Gasteiger partial charge in [-0.1, -0.05) is 31.5 Å². The van der Waals surface area contributed by atoms with Crippen LogP contribution in [0.2, 0.25) is 0 Å². The number of hydrogen-bond donors (Lipinski definition) is 2. The standard InChI is InChI=1S/C22H29N3O3S/c1-18(17-25-14-6-3-7-15-25)16-23-22(26)19-10-12-20(13-11-19)24-29(27,28)21-8-4-2-5-9-21/h2,4-5,8-13,18,24H,3,6-7,14-17H2,1H3,(H,23,26)/t18-/m0/s1. The van der Waals surface area contributed by atoms with Crippen molar-refractivity contribution in [2.75, 3.05) is 30.9 Å². The number of anilines is 1. The van der Waals surface area contributed by atoms with Crippen molar-refractivity contribution in [3.8, 4) is 0 Å². The van der Waals surface area contributed by atoms with E-state index in [1.807, 2.05) is 0 Å². The van der Waals surface area contributed by atoms with Crippen LogP contribution in [0.1, 0.15) is 36.5 Å². The van der Waals surface area contributed by atoms with E-state index in [4.69, 9.17) is 0 Å². The van der Waals surface area contributed by atoms with E-state index in [1.165, 1.54) is 31.4 Å². The van der Waals surface area contributed by atoms with Crippen molar-refractivity contribution in [1.29, 1.82) is 0 Å². The van der Waals surface area contributed by atoms with Crippen LogP contribution in [0, 0.1) is 5.92 Å². The summed E-state index contributed by atoms with van der Waals surface area (Å²) in [6, 6.07) is 14.7. The van der Waals surface area contributed by atoms with Crippen molar-refractivity contribution in [2.24, 2.45) is 5.92 Å². The maximum Gasteiger partial charge on any atom is 0.261 e. The van der Waals surface area contributed by atoms with Gasteiger partial charge in [-0.25, -0.2) is 8.42 Å². The van der Waals surface area contributed by atoms with E-state index in [-0.39, 0.29) is 10.8 Å². The number of nitrogens with zero attached hydrogens (tertiary/aromatic N) is 1. The Morgan fingerprint density at radius 1 is 1.00 bits per heavy atom. The van der Waals surface area contributed by atoms with Crippen LogP contribution in [-0.2, 0) is 10.0 Å². The Kier molecular flexibility index (Phi) is 7.28. The van der Waals surface area contributed by atoms with Crippen molar-refractivity contribution < 1.29 is 13.2 Å². The summed E-state index contributed by atoms with van der Waals surface area (Å²) in [7, 11) is -3.64. The van der Waals surface area contributed by atoms with Crippen molar-refractivity contribution >= 4 is 21.6 Å². The molecule has 2 aromatic carbocycles. The highest BCUT2D eigenvalue weighted by Gasteiger charge is 2.16. The van der Waals surface area contributed by atoms with Crippen LogP contribution in [0.25, 0.3) is 0 Å². The average molecular weight is 416 g/mol. The summed E-state index contributed by atoms with van der Waals surface area (Å²) in [5, 5.41) is 2.98. The van der Waals surface area contributed by atoms with E-state index in [2.05, 4.69) is 21.9 Å². The molecule has 29 heavy (non-hydrogen) atoms. The lowest BCUT2D eigenvalue weighted by Crippen LogP contribution is -2.38. The predicted molar refractivity (Wildman–Crippen MR) is 115 cm³/mol. The number of amides is 1. The van der Waals surface area contributed by atoms with Gasteiger partial charge in [-0.15, -0.1) is 0 Å². The van der Waals surface area contributed by atoms with Gasteiger partial charge in [0, 0.05) is 24.3 Å². The molecule has 0 bridgehead atoms. The number of hydrogen-bond acceptors (Lipinski definition) is 4. The molecule has 3 rings (SSSR count). The number of likely N-dealkylation sites (tertiary alicyclic amines) is 1. The van der Waals surface area contributed by atoms with Crippen molar-refractivity contribution in [3.05, 3.63) is 60.2 Å². The van der Waals surface area contributed by atoms with Gasteiger partial charge in [0.1, 0.15) is 0 Å². The van der Waals surface area contributed by atoms with Crippen molar-refractivity contribution in [1.82, 2.24) is 10.2 Å². The van der Waals surface area contributed by atoms with Gasteiger partial charge in [-0.05, 0) is 68.2 Å². The normalized spacial score (nSPS) is 16.2. The smallest absolute Gasteiger partial charge is 0.261 e. The lowest BCUT2D eigenvalue weighted by Gasteiger charge is -2.29. The van der Waals surface area contributed by atoms with Crippen molar-refractivity contribution in [2.45, 2.75) is 31.1 Å². The van der Waals surface area contributed by atoms with E-state index in [0.29, 0.717) is 23.7 Å². The minimum atomic E-state index is -3.64. The first-order valence-electron chi connectivity index (χ1n) is 10.1. The molecule has 0 spiro atoms. The highest BCUT2D eigenvalue weighted by molar-refractivity contribution is 7.92. The van der Waals surface area contributed by atoms with E-state index in [9.17, 15) is 13.2 Å². The Balaban J connectivity index is 1.50. The third-order valence-corrected chi connectivity index (χ3v) is 6.48. The molecule has 0 unspecified atom stereocenters. The Morgan fingerprint density at radius 2 is 1.66 bits per heavy atom.